The maximum atomic E-state index is 6.57. The van der Waals surface area contributed by atoms with Crippen LogP contribution in [0.3, 0.4) is 0 Å². The Labute approximate surface area is 134 Å². The molecular formula is C20H28N2. The van der Waals surface area contributed by atoms with Crippen LogP contribution in [-0.4, -0.2) is 0 Å². The van der Waals surface area contributed by atoms with E-state index >= 15 is 0 Å². The van der Waals surface area contributed by atoms with Crippen molar-refractivity contribution in [3.8, 4) is 0 Å². The molecule has 0 spiro atoms. The number of hydrogen-bond acceptors (Lipinski definition) is 2. The van der Waals surface area contributed by atoms with E-state index in [-0.39, 0.29) is 12.1 Å². The van der Waals surface area contributed by atoms with Gasteiger partial charge in [-0.1, -0.05) is 35.4 Å². The maximum absolute atomic E-state index is 6.57. The fourth-order valence-electron chi connectivity index (χ4n) is 3.79. The second-order valence-corrected chi connectivity index (χ2v) is 6.68. The van der Waals surface area contributed by atoms with Crippen LogP contribution in [0.1, 0.15) is 56.6 Å². The molecule has 0 bridgehead atoms. The van der Waals surface area contributed by atoms with Crippen LogP contribution in [0, 0.1) is 41.5 Å². The molecule has 0 saturated heterocycles. The fourth-order valence-corrected chi connectivity index (χ4v) is 3.79. The first kappa shape index (κ1) is 16.7. The van der Waals surface area contributed by atoms with Crippen molar-refractivity contribution in [2.24, 2.45) is 11.5 Å². The molecule has 2 heteroatoms. The van der Waals surface area contributed by atoms with Crippen LogP contribution in [0.25, 0.3) is 0 Å². The number of rotatable bonds is 3. The van der Waals surface area contributed by atoms with Gasteiger partial charge >= 0.3 is 0 Å². The van der Waals surface area contributed by atoms with Crippen LogP contribution in [0.15, 0.2) is 24.3 Å². The summed E-state index contributed by atoms with van der Waals surface area (Å²) in [6.45, 7) is 12.7. The van der Waals surface area contributed by atoms with E-state index in [4.69, 9.17) is 11.5 Å². The standard InChI is InChI=1S/C20H28N2/c1-11-7-13(3)17(14(4)8-11)19(21)20(22)18-15(5)9-12(2)10-16(18)6/h7-10,19-20H,21-22H2,1-6H3/t19-,20?/m0/s1. The lowest BCUT2D eigenvalue weighted by atomic mass is 9.85. The Morgan fingerprint density at radius 2 is 0.773 bits per heavy atom. The van der Waals surface area contributed by atoms with Gasteiger partial charge in [0.1, 0.15) is 0 Å². The van der Waals surface area contributed by atoms with Crippen molar-refractivity contribution in [1.82, 2.24) is 0 Å². The van der Waals surface area contributed by atoms with E-state index in [9.17, 15) is 0 Å². The molecule has 2 aromatic carbocycles. The normalized spacial score (nSPS) is 14.0. The van der Waals surface area contributed by atoms with Gasteiger partial charge in [0.15, 0.2) is 0 Å². The number of benzene rings is 2. The monoisotopic (exact) mass is 296 g/mol. The molecule has 2 aromatic rings. The van der Waals surface area contributed by atoms with E-state index in [1.54, 1.807) is 0 Å². The average molecular weight is 296 g/mol. The molecule has 22 heavy (non-hydrogen) atoms. The molecule has 2 nitrogen and oxygen atoms in total. The largest absolute Gasteiger partial charge is 0.322 e. The number of nitrogens with two attached hydrogens (primary N) is 2. The summed E-state index contributed by atoms with van der Waals surface area (Å²) >= 11 is 0. The zero-order valence-electron chi connectivity index (χ0n) is 14.6. The molecule has 4 N–H and O–H groups in total. The molecular weight excluding hydrogens is 268 g/mol. The van der Waals surface area contributed by atoms with Gasteiger partial charge in [-0.15, -0.1) is 0 Å². The van der Waals surface area contributed by atoms with Crippen LogP contribution in [0.2, 0.25) is 0 Å². The summed E-state index contributed by atoms with van der Waals surface area (Å²) in [4.78, 5) is 0. The second kappa shape index (κ2) is 6.23. The summed E-state index contributed by atoms with van der Waals surface area (Å²) < 4.78 is 0. The van der Waals surface area contributed by atoms with Crippen molar-refractivity contribution < 1.29 is 0 Å². The van der Waals surface area contributed by atoms with Crippen molar-refractivity contribution in [1.29, 1.82) is 0 Å². The number of hydrogen-bond donors (Lipinski definition) is 2. The molecule has 0 amide bonds. The molecule has 0 aliphatic rings. The SMILES string of the molecule is Cc1cc(C)c(C(N)[C@@H](N)c2c(C)cc(C)cc2C)c(C)c1. The van der Waals surface area contributed by atoms with Crippen molar-refractivity contribution in [3.63, 3.8) is 0 Å². The van der Waals surface area contributed by atoms with Gasteiger partial charge in [0, 0.05) is 12.1 Å². The van der Waals surface area contributed by atoms with Crippen LogP contribution in [0.5, 0.6) is 0 Å². The van der Waals surface area contributed by atoms with Crippen molar-refractivity contribution in [3.05, 3.63) is 68.8 Å². The van der Waals surface area contributed by atoms with Crippen molar-refractivity contribution in [2.75, 3.05) is 0 Å². The predicted molar refractivity (Wildman–Crippen MR) is 95.2 cm³/mol. The van der Waals surface area contributed by atoms with Gasteiger partial charge in [0.2, 0.25) is 0 Å². The van der Waals surface area contributed by atoms with Gasteiger partial charge < -0.3 is 11.5 Å². The van der Waals surface area contributed by atoms with Gasteiger partial charge in [-0.3, -0.25) is 0 Å². The first-order valence-corrected chi connectivity index (χ1v) is 7.89. The third-order valence-corrected chi connectivity index (χ3v) is 4.53. The van der Waals surface area contributed by atoms with Gasteiger partial charge in [-0.2, -0.15) is 0 Å². The van der Waals surface area contributed by atoms with E-state index in [0.717, 1.165) is 0 Å². The molecule has 1 unspecified atom stereocenters. The summed E-state index contributed by atoms with van der Waals surface area (Å²) in [6, 6.07) is 8.35. The highest BCUT2D eigenvalue weighted by Crippen LogP contribution is 2.33. The fraction of sp³-hybridized carbons (Fsp3) is 0.400. The lowest BCUT2D eigenvalue weighted by Crippen LogP contribution is -2.29. The molecule has 0 aliphatic heterocycles. The molecule has 0 heterocycles. The quantitative estimate of drug-likeness (QED) is 0.890. The third-order valence-electron chi connectivity index (χ3n) is 4.53. The molecule has 0 aliphatic carbocycles. The lowest BCUT2D eigenvalue weighted by molar-refractivity contribution is 0.563. The first-order chi connectivity index (χ1) is 10.2. The Kier molecular flexibility index (Phi) is 4.74. The zero-order chi connectivity index (χ0) is 16.6. The Hall–Kier alpha value is -1.64. The van der Waals surface area contributed by atoms with Gasteiger partial charge in [0.25, 0.3) is 0 Å². The summed E-state index contributed by atoms with van der Waals surface area (Å²) in [5.74, 6) is 0. The molecule has 0 radical (unpaired) electrons. The molecule has 0 fully saturated rings. The Morgan fingerprint density at radius 1 is 0.545 bits per heavy atom. The topological polar surface area (TPSA) is 52.0 Å². The first-order valence-electron chi connectivity index (χ1n) is 7.89. The summed E-state index contributed by atoms with van der Waals surface area (Å²) in [7, 11) is 0. The average Bonchev–Trinajstić information content (AvgIpc) is 2.35. The Morgan fingerprint density at radius 3 is 1.00 bits per heavy atom. The van der Waals surface area contributed by atoms with E-state index in [2.05, 4.69) is 65.8 Å². The van der Waals surface area contributed by atoms with Gasteiger partial charge in [-0.25, -0.2) is 0 Å². The minimum absolute atomic E-state index is 0.194. The molecule has 0 saturated carbocycles. The Bertz CT molecular complexity index is 593. The van der Waals surface area contributed by atoms with E-state index in [0.29, 0.717) is 0 Å². The molecule has 2 rings (SSSR count). The maximum Gasteiger partial charge on any atom is 0.0496 e. The minimum atomic E-state index is -0.194. The smallest absolute Gasteiger partial charge is 0.0496 e. The van der Waals surface area contributed by atoms with Crippen molar-refractivity contribution >= 4 is 0 Å². The summed E-state index contributed by atoms with van der Waals surface area (Å²) in [5.41, 5.74) is 22.9. The van der Waals surface area contributed by atoms with E-state index < -0.39 is 0 Å². The van der Waals surface area contributed by atoms with Gasteiger partial charge in [-0.05, 0) is 74.9 Å². The molecule has 2 atom stereocenters. The summed E-state index contributed by atoms with van der Waals surface area (Å²) in [5, 5.41) is 0. The second-order valence-electron chi connectivity index (χ2n) is 6.68. The zero-order valence-corrected chi connectivity index (χ0v) is 14.6. The van der Waals surface area contributed by atoms with Crippen LogP contribution in [-0.2, 0) is 0 Å². The number of aryl methyl sites for hydroxylation is 6. The van der Waals surface area contributed by atoms with E-state index in [1.807, 2.05) is 0 Å². The highest BCUT2D eigenvalue weighted by molar-refractivity contribution is 5.45. The lowest BCUT2D eigenvalue weighted by Gasteiger charge is -2.27. The highest BCUT2D eigenvalue weighted by Gasteiger charge is 2.23. The van der Waals surface area contributed by atoms with Crippen LogP contribution in [0.4, 0.5) is 0 Å². The van der Waals surface area contributed by atoms with Crippen LogP contribution < -0.4 is 11.5 Å². The summed E-state index contributed by atoms with van der Waals surface area (Å²) in [6.07, 6.45) is 0. The molecule has 0 aromatic heterocycles. The Balaban J connectivity index is 2.49. The third kappa shape index (κ3) is 3.08. The van der Waals surface area contributed by atoms with Gasteiger partial charge in [0.05, 0.1) is 0 Å². The predicted octanol–water partition coefficient (Wildman–Crippen LogP) is 4.24. The van der Waals surface area contributed by atoms with Crippen LogP contribution >= 0.6 is 0 Å². The highest BCUT2D eigenvalue weighted by atomic mass is 14.8. The molecule has 118 valence electrons. The van der Waals surface area contributed by atoms with E-state index in [1.165, 1.54) is 44.5 Å². The van der Waals surface area contributed by atoms with Crippen molar-refractivity contribution in [2.45, 2.75) is 53.6 Å². The minimum Gasteiger partial charge on any atom is -0.322 e.